The molecular weight excluding hydrogens is 564 g/mol. The smallest absolute Gasteiger partial charge is 0.220 e. The van der Waals surface area contributed by atoms with Crippen molar-refractivity contribution in [1.29, 1.82) is 0 Å². The van der Waals surface area contributed by atoms with Gasteiger partial charge in [-0.1, -0.05) is 24.4 Å². The normalized spacial score (nSPS) is 11.8. The molecule has 168 valence electrons. The zero-order valence-electron chi connectivity index (χ0n) is 17.3. The number of aromatic nitrogens is 3. The predicted octanol–water partition coefficient (Wildman–Crippen LogP) is 5.78. The average Bonchev–Trinajstić information content (AvgIpc) is 3.12. The molecular formula is C21H20Br2N4O4S. The first-order chi connectivity index (χ1) is 15.3. The van der Waals surface area contributed by atoms with E-state index in [1.807, 2.05) is 47.9 Å². The second-order valence-corrected chi connectivity index (χ2v) is 9.48. The van der Waals surface area contributed by atoms with Gasteiger partial charge in [0.05, 0.1) is 16.1 Å². The van der Waals surface area contributed by atoms with E-state index in [2.05, 4.69) is 48.6 Å². The molecule has 0 N–H and O–H groups in total. The van der Waals surface area contributed by atoms with Gasteiger partial charge in [0.15, 0.2) is 5.16 Å². The van der Waals surface area contributed by atoms with Crippen molar-refractivity contribution in [2.45, 2.75) is 17.3 Å². The van der Waals surface area contributed by atoms with Gasteiger partial charge in [0.25, 0.3) is 0 Å². The summed E-state index contributed by atoms with van der Waals surface area (Å²) in [6.07, 6.45) is 1.65. The molecule has 0 fully saturated rings. The fourth-order valence-electron chi connectivity index (χ4n) is 2.97. The zero-order valence-corrected chi connectivity index (χ0v) is 21.3. The van der Waals surface area contributed by atoms with Crippen molar-refractivity contribution in [3.63, 3.8) is 0 Å². The van der Waals surface area contributed by atoms with Gasteiger partial charge in [-0.05, 0) is 80.7 Å². The van der Waals surface area contributed by atoms with Crippen LogP contribution in [0.5, 0.6) is 11.5 Å². The molecule has 0 amide bonds. The lowest BCUT2D eigenvalue weighted by atomic mass is 10.1. The van der Waals surface area contributed by atoms with E-state index in [4.69, 9.17) is 9.47 Å². The van der Waals surface area contributed by atoms with E-state index in [-0.39, 0.29) is 11.5 Å². The minimum Gasteiger partial charge on any atom is -0.497 e. The van der Waals surface area contributed by atoms with Gasteiger partial charge in [0.2, 0.25) is 6.54 Å². The summed E-state index contributed by atoms with van der Waals surface area (Å²) < 4.78 is 14.1. The number of hydrogen-bond acceptors (Lipinski definition) is 7. The van der Waals surface area contributed by atoms with E-state index in [9.17, 15) is 10.1 Å². The Morgan fingerprint density at radius 1 is 1.25 bits per heavy atom. The van der Waals surface area contributed by atoms with Gasteiger partial charge in [-0.2, -0.15) is 0 Å². The number of halogens is 2. The van der Waals surface area contributed by atoms with Crippen LogP contribution in [0.15, 0.2) is 63.2 Å². The number of methoxy groups -OCH3 is 1. The van der Waals surface area contributed by atoms with E-state index in [1.54, 1.807) is 13.2 Å². The largest absolute Gasteiger partial charge is 0.497 e. The number of aryl methyl sites for hydroxylation is 1. The second kappa shape index (κ2) is 11.0. The minimum atomic E-state index is -0.508. The van der Waals surface area contributed by atoms with Crippen molar-refractivity contribution in [2.24, 2.45) is 0 Å². The van der Waals surface area contributed by atoms with Crippen molar-refractivity contribution in [3.05, 3.63) is 79.5 Å². The van der Waals surface area contributed by atoms with Crippen LogP contribution in [0, 0.1) is 17.0 Å². The van der Waals surface area contributed by atoms with Crippen LogP contribution in [-0.2, 0) is 0 Å². The summed E-state index contributed by atoms with van der Waals surface area (Å²) in [7, 11) is 1.60. The lowest BCUT2D eigenvalue weighted by Crippen LogP contribution is -2.11. The summed E-state index contributed by atoms with van der Waals surface area (Å²) in [6, 6.07) is 11.1. The van der Waals surface area contributed by atoms with E-state index >= 15 is 0 Å². The standard InChI is InChI=1S/C21H20Br2N4O4S/c1-4-9-31-20-17(22)10-14(11-18(20)23)19(12-26(28)29)32-21-25-24-13(2)27(21)15-5-7-16(30-3)8-6-15/h4-8,10-11,19H,1,9,12H2,2-3H3/t19-/m1/s1. The lowest BCUT2D eigenvalue weighted by molar-refractivity contribution is -0.479. The molecule has 0 aliphatic heterocycles. The van der Waals surface area contributed by atoms with Gasteiger partial charge in [0, 0.05) is 10.6 Å². The number of benzene rings is 2. The van der Waals surface area contributed by atoms with Crippen LogP contribution < -0.4 is 9.47 Å². The maximum atomic E-state index is 11.5. The van der Waals surface area contributed by atoms with Crippen molar-refractivity contribution in [3.8, 4) is 17.2 Å². The highest BCUT2D eigenvalue weighted by molar-refractivity contribution is 9.11. The highest BCUT2D eigenvalue weighted by Gasteiger charge is 2.25. The number of ether oxygens (including phenoxy) is 2. The molecule has 0 saturated carbocycles. The zero-order chi connectivity index (χ0) is 23.3. The highest BCUT2D eigenvalue weighted by atomic mass is 79.9. The van der Waals surface area contributed by atoms with Crippen molar-refractivity contribution in [1.82, 2.24) is 14.8 Å². The van der Waals surface area contributed by atoms with E-state index in [1.165, 1.54) is 11.8 Å². The van der Waals surface area contributed by atoms with Crippen molar-refractivity contribution in [2.75, 3.05) is 20.3 Å². The quantitative estimate of drug-likeness (QED) is 0.129. The fraction of sp³-hybridized carbons (Fsp3) is 0.238. The minimum absolute atomic E-state index is 0.287. The number of nitrogens with zero attached hydrogens (tertiary/aromatic N) is 4. The maximum absolute atomic E-state index is 11.5. The molecule has 3 rings (SSSR count). The SMILES string of the molecule is C=CCOc1c(Br)cc([C@@H](C[N+](=O)[O-])Sc2nnc(C)n2-c2ccc(OC)cc2)cc1Br. The third-order valence-electron chi connectivity index (χ3n) is 4.43. The molecule has 2 aromatic carbocycles. The predicted molar refractivity (Wildman–Crippen MR) is 131 cm³/mol. The summed E-state index contributed by atoms with van der Waals surface area (Å²) in [5, 5.41) is 20.0. The van der Waals surface area contributed by atoms with Crippen LogP contribution in [0.3, 0.4) is 0 Å². The molecule has 0 bridgehead atoms. The van der Waals surface area contributed by atoms with Gasteiger partial charge < -0.3 is 9.47 Å². The summed E-state index contributed by atoms with van der Waals surface area (Å²) >= 11 is 8.29. The molecule has 0 spiro atoms. The van der Waals surface area contributed by atoms with E-state index in [0.717, 1.165) is 17.0 Å². The summed E-state index contributed by atoms with van der Waals surface area (Å²) in [5.74, 6) is 2.01. The molecule has 0 aliphatic carbocycles. The van der Waals surface area contributed by atoms with Gasteiger partial charge in [-0.15, -0.1) is 10.2 Å². The van der Waals surface area contributed by atoms with Crippen molar-refractivity contribution < 1.29 is 14.4 Å². The van der Waals surface area contributed by atoms with Gasteiger partial charge in [0.1, 0.15) is 29.2 Å². The Labute approximate surface area is 206 Å². The number of thioether (sulfide) groups is 1. The molecule has 0 aliphatic rings. The Balaban J connectivity index is 1.97. The molecule has 0 radical (unpaired) electrons. The van der Waals surface area contributed by atoms with Gasteiger partial charge >= 0.3 is 0 Å². The number of rotatable bonds is 10. The monoisotopic (exact) mass is 582 g/mol. The van der Waals surface area contributed by atoms with Gasteiger partial charge in [-0.25, -0.2) is 0 Å². The topological polar surface area (TPSA) is 92.3 Å². The molecule has 1 atom stereocenters. The molecule has 1 aromatic heterocycles. The second-order valence-electron chi connectivity index (χ2n) is 6.60. The Morgan fingerprint density at radius 3 is 2.47 bits per heavy atom. The highest BCUT2D eigenvalue weighted by Crippen LogP contribution is 2.42. The maximum Gasteiger partial charge on any atom is 0.220 e. The first kappa shape index (κ1) is 24.3. The lowest BCUT2D eigenvalue weighted by Gasteiger charge is -2.17. The fourth-order valence-corrected chi connectivity index (χ4v) is 5.57. The van der Waals surface area contributed by atoms with Crippen molar-refractivity contribution >= 4 is 43.6 Å². The van der Waals surface area contributed by atoms with Crippen LogP contribution in [-0.4, -0.2) is 39.9 Å². The average molecular weight is 584 g/mol. The molecule has 3 aromatic rings. The first-order valence-corrected chi connectivity index (χ1v) is 11.9. The Bertz CT molecular complexity index is 1100. The Morgan fingerprint density at radius 2 is 1.91 bits per heavy atom. The number of hydrogen-bond donors (Lipinski definition) is 0. The summed E-state index contributed by atoms with van der Waals surface area (Å²) in [6.45, 7) is 5.54. The molecule has 8 nitrogen and oxygen atoms in total. The van der Waals surface area contributed by atoms with Crippen LogP contribution in [0.4, 0.5) is 0 Å². The molecule has 0 unspecified atom stereocenters. The third kappa shape index (κ3) is 5.70. The number of nitro groups is 1. The van der Waals surface area contributed by atoms with Crippen LogP contribution >= 0.6 is 43.6 Å². The third-order valence-corrected chi connectivity index (χ3v) is 6.79. The van der Waals surface area contributed by atoms with Gasteiger partial charge in [-0.3, -0.25) is 14.7 Å². The molecule has 11 heteroatoms. The Kier molecular flexibility index (Phi) is 8.32. The van der Waals surface area contributed by atoms with Crippen LogP contribution in [0.1, 0.15) is 16.6 Å². The molecule has 1 heterocycles. The van der Waals surface area contributed by atoms with E-state index < -0.39 is 5.25 Å². The Hall–Kier alpha value is -2.37. The molecule has 32 heavy (non-hydrogen) atoms. The summed E-state index contributed by atoms with van der Waals surface area (Å²) in [5.41, 5.74) is 1.59. The first-order valence-electron chi connectivity index (χ1n) is 9.41. The van der Waals surface area contributed by atoms with Crippen LogP contribution in [0.2, 0.25) is 0 Å². The summed E-state index contributed by atoms with van der Waals surface area (Å²) in [4.78, 5) is 11.1. The van der Waals surface area contributed by atoms with E-state index in [0.29, 0.717) is 32.3 Å². The molecule has 0 saturated heterocycles. The van der Waals surface area contributed by atoms with Crippen LogP contribution in [0.25, 0.3) is 5.69 Å².